The van der Waals surface area contributed by atoms with Crippen molar-refractivity contribution >= 4 is 23.4 Å². The fourth-order valence-electron chi connectivity index (χ4n) is 2.74. The van der Waals surface area contributed by atoms with Crippen molar-refractivity contribution in [1.82, 2.24) is 25.0 Å². The average Bonchev–Trinajstić information content (AvgIpc) is 3.20. The van der Waals surface area contributed by atoms with Gasteiger partial charge in [0.05, 0.1) is 11.4 Å². The first-order valence-electron chi connectivity index (χ1n) is 9.09. The molecule has 0 fully saturated rings. The molecule has 7 nitrogen and oxygen atoms in total. The van der Waals surface area contributed by atoms with Crippen LogP contribution < -0.4 is 5.32 Å². The van der Waals surface area contributed by atoms with Gasteiger partial charge in [0, 0.05) is 23.8 Å². The van der Waals surface area contributed by atoms with Crippen molar-refractivity contribution < 1.29 is 9.18 Å². The Bertz CT molecular complexity index is 1170. The number of aryl methyl sites for hydroxylation is 1. The lowest BCUT2D eigenvalue weighted by Gasteiger charge is -2.09. The molecular weight excluding hydrogens is 403 g/mol. The van der Waals surface area contributed by atoms with Crippen LogP contribution in [0.4, 0.5) is 10.1 Å². The number of benzene rings is 2. The molecule has 0 aliphatic rings. The van der Waals surface area contributed by atoms with Gasteiger partial charge in [0.1, 0.15) is 5.82 Å². The van der Waals surface area contributed by atoms with E-state index in [2.05, 4.69) is 25.6 Å². The van der Waals surface area contributed by atoms with Crippen LogP contribution in [0.15, 0.2) is 72.1 Å². The fraction of sp³-hybridized carbons (Fsp3) is 0.0952. The number of para-hydroxylation sites is 1. The largest absolute Gasteiger partial charge is 0.320 e. The zero-order chi connectivity index (χ0) is 20.9. The maximum atomic E-state index is 13.8. The van der Waals surface area contributed by atoms with Gasteiger partial charge < -0.3 is 5.32 Å². The molecule has 0 unspecified atom stereocenters. The van der Waals surface area contributed by atoms with E-state index in [-0.39, 0.29) is 5.69 Å². The zero-order valence-electron chi connectivity index (χ0n) is 16.0. The van der Waals surface area contributed by atoms with Gasteiger partial charge in [-0.25, -0.2) is 19.0 Å². The lowest BCUT2D eigenvalue weighted by atomic mass is 10.2. The van der Waals surface area contributed by atoms with Gasteiger partial charge in [-0.1, -0.05) is 41.2 Å². The number of halogens is 1. The fourth-order valence-corrected chi connectivity index (χ4v) is 3.53. The monoisotopic (exact) mass is 420 g/mol. The topological polar surface area (TPSA) is 85.6 Å². The summed E-state index contributed by atoms with van der Waals surface area (Å²) in [5.41, 5.74) is 2.37. The summed E-state index contributed by atoms with van der Waals surface area (Å²) in [7, 11) is 0. The van der Waals surface area contributed by atoms with Gasteiger partial charge in [0.25, 0.3) is 5.91 Å². The van der Waals surface area contributed by atoms with Crippen LogP contribution in [0.5, 0.6) is 0 Å². The summed E-state index contributed by atoms with van der Waals surface area (Å²) in [6, 6.07) is 15.7. The van der Waals surface area contributed by atoms with E-state index < -0.39 is 11.7 Å². The number of rotatable bonds is 6. The normalized spacial score (nSPS) is 10.7. The van der Waals surface area contributed by atoms with E-state index in [0.29, 0.717) is 27.9 Å². The third-order valence-electron chi connectivity index (χ3n) is 4.29. The molecule has 4 aromatic rings. The van der Waals surface area contributed by atoms with Crippen LogP contribution in [-0.4, -0.2) is 30.9 Å². The highest BCUT2D eigenvalue weighted by Gasteiger charge is 2.21. The van der Waals surface area contributed by atoms with E-state index in [1.54, 1.807) is 42.2 Å². The van der Waals surface area contributed by atoms with Crippen molar-refractivity contribution in [2.24, 2.45) is 0 Å². The molecule has 0 saturated carbocycles. The molecule has 0 aliphatic heterocycles. The van der Waals surface area contributed by atoms with Gasteiger partial charge in [-0.3, -0.25) is 4.79 Å². The Balaban J connectivity index is 1.65. The lowest BCUT2D eigenvalue weighted by Crippen LogP contribution is -2.15. The molecule has 2 aromatic heterocycles. The number of carbonyl (C=O) groups excluding carboxylic acids is 1. The molecule has 1 N–H and O–H groups in total. The first-order valence-corrected chi connectivity index (χ1v) is 10.1. The summed E-state index contributed by atoms with van der Waals surface area (Å²) in [6.45, 7) is 1.66. The minimum atomic E-state index is -0.468. The van der Waals surface area contributed by atoms with Gasteiger partial charge >= 0.3 is 0 Å². The van der Waals surface area contributed by atoms with Crippen LogP contribution in [0.2, 0.25) is 0 Å². The van der Waals surface area contributed by atoms with E-state index in [1.165, 1.54) is 17.8 Å². The Kier molecular flexibility index (Phi) is 5.80. The Morgan fingerprint density at radius 1 is 1.10 bits per heavy atom. The number of hydrogen-bond acceptors (Lipinski definition) is 6. The van der Waals surface area contributed by atoms with Crippen molar-refractivity contribution in [3.8, 4) is 5.69 Å². The van der Waals surface area contributed by atoms with Crippen LogP contribution in [0, 0.1) is 12.7 Å². The van der Waals surface area contributed by atoms with Crippen molar-refractivity contribution in [1.29, 1.82) is 0 Å². The summed E-state index contributed by atoms with van der Waals surface area (Å²) in [5.74, 6) is -0.487. The number of carbonyl (C=O) groups is 1. The third-order valence-corrected chi connectivity index (χ3v) is 5.18. The highest BCUT2D eigenvalue weighted by Crippen LogP contribution is 2.23. The number of thioether (sulfide) groups is 1. The Labute approximate surface area is 176 Å². The molecule has 0 atom stereocenters. The van der Waals surface area contributed by atoms with E-state index in [1.807, 2.05) is 30.3 Å². The summed E-state index contributed by atoms with van der Waals surface area (Å²) in [4.78, 5) is 21.3. The number of amides is 1. The highest BCUT2D eigenvalue weighted by atomic mass is 32.2. The minimum Gasteiger partial charge on any atom is -0.320 e. The second-order valence-corrected chi connectivity index (χ2v) is 7.31. The Hall–Kier alpha value is -3.59. The molecule has 2 heterocycles. The molecule has 150 valence electrons. The number of hydrogen-bond donors (Lipinski definition) is 1. The molecule has 1 amide bonds. The van der Waals surface area contributed by atoms with Gasteiger partial charge in [-0.2, -0.15) is 0 Å². The standard InChI is InChI=1S/C21H17FN6OS/c1-14-8-9-15(12-17(14)22)25-20(29)19-18(13-30-21-23-10-5-11-24-21)28(27-26-19)16-6-3-2-4-7-16/h2-12H,13H2,1H3,(H,25,29). The molecule has 0 spiro atoms. The lowest BCUT2D eigenvalue weighted by molar-refractivity contribution is 0.102. The van der Waals surface area contributed by atoms with Crippen LogP contribution in [0.1, 0.15) is 21.7 Å². The summed E-state index contributed by atoms with van der Waals surface area (Å²) in [5, 5.41) is 11.5. The first kappa shape index (κ1) is 19.7. The first-order chi connectivity index (χ1) is 14.6. The van der Waals surface area contributed by atoms with Crippen LogP contribution in [0.25, 0.3) is 5.69 Å². The number of nitrogens with one attached hydrogen (secondary N) is 1. The van der Waals surface area contributed by atoms with Gasteiger partial charge in [0.2, 0.25) is 0 Å². The molecule has 2 aromatic carbocycles. The minimum absolute atomic E-state index is 0.156. The quantitative estimate of drug-likeness (QED) is 0.374. The second kappa shape index (κ2) is 8.83. The number of anilines is 1. The summed E-state index contributed by atoms with van der Waals surface area (Å²) < 4.78 is 15.5. The number of aromatic nitrogens is 5. The summed E-state index contributed by atoms with van der Waals surface area (Å²) in [6.07, 6.45) is 3.31. The summed E-state index contributed by atoms with van der Waals surface area (Å²) >= 11 is 1.37. The zero-order valence-corrected chi connectivity index (χ0v) is 16.8. The van der Waals surface area contributed by atoms with E-state index in [4.69, 9.17) is 0 Å². The van der Waals surface area contributed by atoms with Crippen molar-refractivity contribution in [2.45, 2.75) is 17.8 Å². The molecule has 0 bridgehead atoms. The van der Waals surface area contributed by atoms with Gasteiger partial charge in [0.15, 0.2) is 10.9 Å². The molecule has 30 heavy (non-hydrogen) atoms. The van der Waals surface area contributed by atoms with E-state index >= 15 is 0 Å². The second-order valence-electron chi connectivity index (χ2n) is 6.37. The molecule has 9 heteroatoms. The Morgan fingerprint density at radius 2 is 1.87 bits per heavy atom. The van der Waals surface area contributed by atoms with Crippen LogP contribution in [0.3, 0.4) is 0 Å². The molecule has 0 radical (unpaired) electrons. The van der Waals surface area contributed by atoms with Gasteiger partial charge in [-0.05, 0) is 42.8 Å². The smallest absolute Gasteiger partial charge is 0.278 e. The molecule has 4 rings (SSSR count). The van der Waals surface area contributed by atoms with Crippen molar-refractivity contribution in [3.05, 3.63) is 89.8 Å². The molecule has 0 saturated heterocycles. The van der Waals surface area contributed by atoms with Gasteiger partial charge in [-0.15, -0.1) is 5.10 Å². The number of nitrogens with zero attached hydrogens (tertiary/aromatic N) is 5. The van der Waals surface area contributed by atoms with Crippen LogP contribution in [-0.2, 0) is 5.75 Å². The third kappa shape index (κ3) is 4.36. The SMILES string of the molecule is Cc1ccc(NC(=O)c2nnn(-c3ccccc3)c2CSc2ncccn2)cc1F. The predicted octanol–water partition coefficient (Wildman–Crippen LogP) is 4.05. The van der Waals surface area contributed by atoms with E-state index in [9.17, 15) is 9.18 Å². The van der Waals surface area contributed by atoms with E-state index in [0.717, 1.165) is 5.69 Å². The maximum absolute atomic E-state index is 13.8. The highest BCUT2D eigenvalue weighted by molar-refractivity contribution is 7.98. The predicted molar refractivity (Wildman–Crippen MR) is 112 cm³/mol. The Morgan fingerprint density at radius 3 is 2.60 bits per heavy atom. The maximum Gasteiger partial charge on any atom is 0.278 e. The molecular formula is C21H17FN6OS. The van der Waals surface area contributed by atoms with Crippen LogP contribution >= 0.6 is 11.8 Å². The van der Waals surface area contributed by atoms with Crippen molar-refractivity contribution in [3.63, 3.8) is 0 Å². The molecule has 0 aliphatic carbocycles. The van der Waals surface area contributed by atoms with Crippen molar-refractivity contribution in [2.75, 3.05) is 5.32 Å². The average molecular weight is 420 g/mol.